The standard InChI is InChI=1S/C37H55NO8/c1-34(2,3)26-19-24(20-27(30(26)40)35(4,5)6)32(42)45-17-14-38(13-16-44-23-39)15-18-46-33(43)25-21-28(36(7,8)9)31(41)29(22-25)37(10,11)12/h19-23,40-41H,13-18H2,1-12H3. The highest BCUT2D eigenvalue weighted by Crippen LogP contribution is 2.41. The number of benzene rings is 2. The molecule has 0 aliphatic carbocycles. The van der Waals surface area contributed by atoms with Gasteiger partial charge in [-0.25, -0.2) is 9.59 Å². The van der Waals surface area contributed by atoms with Crippen molar-refractivity contribution in [2.45, 2.75) is 105 Å². The Morgan fingerprint density at radius 2 is 0.870 bits per heavy atom. The second-order valence-electron chi connectivity index (χ2n) is 15.9. The largest absolute Gasteiger partial charge is 0.507 e. The average molecular weight is 642 g/mol. The third-order valence-corrected chi connectivity index (χ3v) is 7.80. The third kappa shape index (κ3) is 10.5. The van der Waals surface area contributed by atoms with E-state index in [4.69, 9.17) is 14.2 Å². The van der Waals surface area contributed by atoms with Gasteiger partial charge in [0.05, 0.1) is 11.1 Å². The van der Waals surface area contributed by atoms with Crippen LogP contribution in [-0.4, -0.2) is 73.0 Å². The van der Waals surface area contributed by atoms with Crippen LogP contribution in [0.5, 0.6) is 11.5 Å². The molecule has 2 rings (SSSR count). The zero-order chi connectivity index (χ0) is 35.3. The zero-order valence-electron chi connectivity index (χ0n) is 29.9. The maximum atomic E-state index is 13.2. The van der Waals surface area contributed by atoms with Crippen LogP contribution in [0, 0.1) is 0 Å². The van der Waals surface area contributed by atoms with Crippen LogP contribution < -0.4 is 0 Å². The number of esters is 2. The van der Waals surface area contributed by atoms with E-state index in [1.165, 1.54) is 0 Å². The van der Waals surface area contributed by atoms with E-state index < -0.39 is 33.6 Å². The number of nitrogens with zero attached hydrogens (tertiary/aromatic N) is 1. The summed E-state index contributed by atoms with van der Waals surface area (Å²) in [6.07, 6.45) is 0. The molecule has 2 aromatic carbocycles. The molecule has 9 heteroatoms. The van der Waals surface area contributed by atoms with Crippen LogP contribution in [0.15, 0.2) is 24.3 Å². The van der Waals surface area contributed by atoms with Crippen molar-refractivity contribution in [3.05, 3.63) is 57.6 Å². The number of rotatable bonds is 12. The predicted molar refractivity (Wildman–Crippen MR) is 180 cm³/mol. The van der Waals surface area contributed by atoms with Crippen LogP contribution in [0.2, 0.25) is 0 Å². The van der Waals surface area contributed by atoms with Gasteiger partial charge in [-0.2, -0.15) is 0 Å². The highest BCUT2D eigenvalue weighted by Gasteiger charge is 2.30. The maximum absolute atomic E-state index is 13.2. The topological polar surface area (TPSA) is 123 Å². The first-order valence-electron chi connectivity index (χ1n) is 15.9. The second-order valence-corrected chi connectivity index (χ2v) is 15.9. The van der Waals surface area contributed by atoms with E-state index >= 15 is 0 Å². The van der Waals surface area contributed by atoms with Crippen molar-refractivity contribution in [3.8, 4) is 11.5 Å². The Morgan fingerprint density at radius 1 is 0.587 bits per heavy atom. The summed E-state index contributed by atoms with van der Waals surface area (Å²) in [5, 5.41) is 22.0. The van der Waals surface area contributed by atoms with E-state index in [2.05, 4.69) is 0 Å². The van der Waals surface area contributed by atoms with Crippen LogP contribution in [0.3, 0.4) is 0 Å². The fourth-order valence-corrected chi connectivity index (χ4v) is 5.06. The Morgan fingerprint density at radius 3 is 1.13 bits per heavy atom. The van der Waals surface area contributed by atoms with Crippen LogP contribution in [-0.2, 0) is 40.7 Å². The Bertz CT molecular complexity index is 1210. The van der Waals surface area contributed by atoms with E-state index in [0.29, 0.717) is 59.5 Å². The smallest absolute Gasteiger partial charge is 0.338 e. The van der Waals surface area contributed by atoms with E-state index in [-0.39, 0.29) is 31.3 Å². The van der Waals surface area contributed by atoms with Gasteiger partial charge in [0.2, 0.25) is 0 Å². The number of phenols is 2. The lowest BCUT2D eigenvalue weighted by Gasteiger charge is -2.28. The van der Waals surface area contributed by atoms with E-state index in [1.54, 1.807) is 24.3 Å². The van der Waals surface area contributed by atoms with E-state index in [9.17, 15) is 24.6 Å². The molecule has 2 N–H and O–H groups in total. The lowest BCUT2D eigenvalue weighted by atomic mass is 9.78. The first-order valence-corrected chi connectivity index (χ1v) is 15.9. The Hall–Kier alpha value is -3.59. The first-order chi connectivity index (χ1) is 21.0. The SMILES string of the molecule is CC(C)(C)c1cc(C(=O)OCCN(CCOC=O)CCOC(=O)c2cc(C(C)(C)C)c(O)c(C(C)(C)C)c2)cc(C(C)(C)C)c1O. The molecule has 0 spiro atoms. The summed E-state index contributed by atoms with van der Waals surface area (Å²) < 4.78 is 16.1. The van der Waals surface area contributed by atoms with Crippen molar-refractivity contribution in [3.63, 3.8) is 0 Å². The van der Waals surface area contributed by atoms with Gasteiger partial charge < -0.3 is 24.4 Å². The molecule has 0 aromatic heterocycles. The molecule has 0 bridgehead atoms. The van der Waals surface area contributed by atoms with Crippen molar-refractivity contribution in [1.82, 2.24) is 4.90 Å². The van der Waals surface area contributed by atoms with E-state index in [0.717, 1.165) is 0 Å². The summed E-state index contributed by atoms with van der Waals surface area (Å²) in [5.74, 6) is -0.653. The molecule has 9 nitrogen and oxygen atoms in total. The molecule has 0 atom stereocenters. The lowest BCUT2D eigenvalue weighted by molar-refractivity contribution is -0.129. The number of hydrogen-bond donors (Lipinski definition) is 2. The van der Waals surface area contributed by atoms with Crippen molar-refractivity contribution in [2.75, 3.05) is 39.5 Å². The molecular weight excluding hydrogens is 586 g/mol. The Kier molecular flexibility index (Phi) is 12.5. The summed E-state index contributed by atoms with van der Waals surface area (Å²) in [6, 6.07) is 6.73. The second kappa shape index (κ2) is 14.9. The summed E-state index contributed by atoms with van der Waals surface area (Å²) in [4.78, 5) is 38.9. The number of carbonyl (C=O) groups is 3. The fourth-order valence-electron chi connectivity index (χ4n) is 5.06. The number of phenolic OH excluding ortho intramolecular Hbond substituents is 2. The molecule has 2 aromatic rings. The fraction of sp³-hybridized carbons (Fsp3) is 0.595. The highest BCUT2D eigenvalue weighted by molar-refractivity contribution is 5.91. The van der Waals surface area contributed by atoms with Gasteiger partial charge in [0.25, 0.3) is 6.47 Å². The van der Waals surface area contributed by atoms with Gasteiger partial charge >= 0.3 is 11.9 Å². The van der Waals surface area contributed by atoms with E-state index in [1.807, 2.05) is 88.0 Å². The van der Waals surface area contributed by atoms with Crippen molar-refractivity contribution in [2.24, 2.45) is 0 Å². The molecule has 0 radical (unpaired) electrons. The third-order valence-electron chi connectivity index (χ3n) is 7.80. The van der Waals surface area contributed by atoms with Crippen LogP contribution in [0.1, 0.15) is 126 Å². The van der Waals surface area contributed by atoms with Crippen molar-refractivity contribution in [1.29, 1.82) is 0 Å². The van der Waals surface area contributed by atoms with Gasteiger partial charge in [-0.1, -0.05) is 83.1 Å². The van der Waals surface area contributed by atoms with Crippen molar-refractivity contribution >= 4 is 18.4 Å². The number of ether oxygens (including phenoxy) is 3. The predicted octanol–water partition coefficient (Wildman–Crippen LogP) is 6.78. The minimum Gasteiger partial charge on any atom is -0.507 e. The molecule has 0 aliphatic rings. The zero-order valence-corrected chi connectivity index (χ0v) is 29.9. The number of aromatic hydroxyl groups is 2. The van der Waals surface area contributed by atoms with Gasteiger partial charge in [0.15, 0.2) is 0 Å². The Labute approximate surface area is 275 Å². The molecule has 0 fully saturated rings. The number of hydrogen-bond acceptors (Lipinski definition) is 9. The first kappa shape index (κ1) is 38.6. The normalized spacial score (nSPS) is 12.6. The summed E-state index contributed by atoms with van der Waals surface area (Å²) in [6.45, 7) is 25.3. The molecule has 46 heavy (non-hydrogen) atoms. The molecular formula is C37H55NO8. The molecule has 256 valence electrons. The summed E-state index contributed by atoms with van der Waals surface area (Å²) >= 11 is 0. The molecule has 0 amide bonds. The quantitative estimate of drug-likeness (QED) is 0.112. The monoisotopic (exact) mass is 641 g/mol. The van der Waals surface area contributed by atoms with Gasteiger partial charge in [0.1, 0.15) is 31.3 Å². The molecule has 0 unspecified atom stereocenters. The Balaban J connectivity index is 2.15. The lowest BCUT2D eigenvalue weighted by Crippen LogP contribution is -2.35. The molecule has 0 saturated carbocycles. The van der Waals surface area contributed by atoms with Gasteiger partial charge in [0, 0.05) is 41.9 Å². The maximum Gasteiger partial charge on any atom is 0.338 e. The molecule has 0 aliphatic heterocycles. The molecule has 0 heterocycles. The van der Waals surface area contributed by atoms with Crippen LogP contribution >= 0.6 is 0 Å². The van der Waals surface area contributed by atoms with Crippen LogP contribution in [0.25, 0.3) is 0 Å². The van der Waals surface area contributed by atoms with Gasteiger partial charge in [-0.05, 0) is 45.9 Å². The number of carbonyl (C=O) groups excluding carboxylic acids is 3. The highest BCUT2D eigenvalue weighted by atomic mass is 16.5. The average Bonchev–Trinajstić information content (AvgIpc) is 2.90. The minimum atomic E-state index is -0.511. The van der Waals surface area contributed by atoms with Gasteiger partial charge in [-0.15, -0.1) is 0 Å². The molecule has 0 saturated heterocycles. The summed E-state index contributed by atoms with van der Waals surface area (Å²) in [5.41, 5.74) is 1.81. The van der Waals surface area contributed by atoms with Crippen LogP contribution in [0.4, 0.5) is 0 Å². The van der Waals surface area contributed by atoms with Crippen molar-refractivity contribution < 1.29 is 38.8 Å². The summed E-state index contributed by atoms with van der Waals surface area (Å²) in [7, 11) is 0. The van der Waals surface area contributed by atoms with Gasteiger partial charge in [-0.3, -0.25) is 9.69 Å². The minimum absolute atomic E-state index is 0.0479.